The number of amides is 1. The number of hydrogen-bond acceptors (Lipinski definition) is 4. The van der Waals surface area contributed by atoms with Crippen molar-refractivity contribution in [3.05, 3.63) is 77.0 Å². The lowest BCUT2D eigenvalue weighted by Gasteiger charge is -2.27. The highest BCUT2D eigenvalue weighted by Crippen LogP contribution is 2.38. The first-order valence-corrected chi connectivity index (χ1v) is 8.44. The summed E-state index contributed by atoms with van der Waals surface area (Å²) in [6.07, 6.45) is 0.174. The molecule has 3 rings (SSSR count). The second kappa shape index (κ2) is 7.87. The van der Waals surface area contributed by atoms with Gasteiger partial charge in [-0.1, -0.05) is 48.5 Å². The minimum atomic E-state index is -0.439. The van der Waals surface area contributed by atoms with Gasteiger partial charge in [0.2, 0.25) is 5.91 Å². The van der Waals surface area contributed by atoms with Gasteiger partial charge in [-0.2, -0.15) is 0 Å². The zero-order valence-electron chi connectivity index (χ0n) is 14.8. The largest absolute Gasteiger partial charge is 0.489 e. The van der Waals surface area contributed by atoms with E-state index in [1.54, 1.807) is 6.92 Å². The van der Waals surface area contributed by atoms with Crippen LogP contribution in [0, 0.1) is 0 Å². The number of methoxy groups -OCH3 is 1. The Kier molecular flexibility index (Phi) is 5.37. The molecule has 0 unspecified atom stereocenters. The number of carbonyl (C=O) groups is 2. The Morgan fingerprint density at radius 1 is 1.12 bits per heavy atom. The maximum absolute atomic E-state index is 12.3. The Balaban J connectivity index is 1.93. The lowest BCUT2D eigenvalue weighted by molar-refractivity contribution is -0.136. The molecule has 0 bridgehead atoms. The van der Waals surface area contributed by atoms with Crippen molar-refractivity contribution in [2.24, 2.45) is 0 Å². The fourth-order valence-corrected chi connectivity index (χ4v) is 3.18. The molecule has 0 aliphatic carbocycles. The van der Waals surface area contributed by atoms with E-state index in [0.717, 1.165) is 11.1 Å². The molecule has 1 aliphatic rings. The summed E-state index contributed by atoms with van der Waals surface area (Å²) in [5.74, 6) is -0.309. The van der Waals surface area contributed by atoms with Crippen molar-refractivity contribution >= 4 is 11.9 Å². The SMILES string of the molecule is COC(=O)C1=C(C)NC(=O)C[C@@H]1c1ccccc1OCc1ccccc1. The van der Waals surface area contributed by atoms with Crippen LogP contribution in [0.15, 0.2) is 65.9 Å². The molecule has 26 heavy (non-hydrogen) atoms. The van der Waals surface area contributed by atoms with Crippen LogP contribution in [-0.4, -0.2) is 19.0 Å². The molecule has 5 nitrogen and oxygen atoms in total. The number of benzene rings is 2. The number of carbonyl (C=O) groups excluding carboxylic acids is 2. The molecule has 0 aromatic heterocycles. The van der Waals surface area contributed by atoms with Gasteiger partial charge in [-0.3, -0.25) is 4.79 Å². The van der Waals surface area contributed by atoms with Crippen LogP contribution in [0.4, 0.5) is 0 Å². The second-order valence-corrected chi connectivity index (χ2v) is 6.15. The summed E-state index contributed by atoms with van der Waals surface area (Å²) in [4.78, 5) is 24.4. The van der Waals surface area contributed by atoms with Crippen molar-refractivity contribution in [3.63, 3.8) is 0 Å². The first kappa shape index (κ1) is 17.7. The first-order chi connectivity index (χ1) is 12.6. The van der Waals surface area contributed by atoms with Crippen molar-refractivity contribution in [1.82, 2.24) is 5.32 Å². The van der Waals surface area contributed by atoms with Crippen LogP contribution in [0.3, 0.4) is 0 Å². The van der Waals surface area contributed by atoms with Gasteiger partial charge in [0.25, 0.3) is 0 Å². The van der Waals surface area contributed by atoms with Gasteiger partial charge in [0, 0.05) is 23.6 Å². The van der Waals surface area contributed by atoms with Gasteiger partial charge < -0.3 is 14.8 Å². The summed E-state index contributed by atoms with van der Waals surface area (Å²) in [6.45, 7) is 2.12. The molecular formula is C21H21NO4. The van der Waals surface area contributed by atoms with Crippen LogP contribution in [0.5, 0.6) is 5.75 Å². The van der Waals surface area contributed by atoms with E-state index in [2.05, 4.69) is 5.32 Å². The molecule has 0 radical (unpaired) electrons. The topological polar surface area (TPSA) is 64.6 Å². The summed E-state index contributed by atoms with van der Waals surface area (Å²) in [6, 6.07) is 17.3. The molecule has 1 amide bonds. The van der Waals surface area contributed by atoms with Crippen LogP contribution < -0.4 is 10.1 Å². The second-order valence-electron chi connectivity index (χ2n) is 6.15. The van der Waals surface area contributed by atoms with Gasteiger partial charge in [-0.25, -0.2) is 4.79 Å². The van der Waals surface area contributed by atoms with Crippen LogP contribution >= 0.6 is 0 Å². The number of hydrogen-bond donors (Lipinski definition) is 1. The Labute approximate surface area is 152 Å². The highest BCUT2D eigenvalue weighted by Gasteiger charge is 2.33. The van der Waals surface area contributed by atoms with E-state index in [1.165, 1.54) is 7.11 Å². The third-order valence-corrected chi connectivity index (χ3v) is 4.41. The first-order valence-electron chi connectivity index (χ1n) is 8.44. The van der Waals surface area contributed by atoms with Crippen molar-refractivity contribution in [3.8, 4) is 5.75 Å². The Bertz CT molecular complexity index is 842. The van der Waals surface area contributed by atoms with E-state index in [0.29, 0.717) is 23.6 Å². The number of esters is 1. The average molecular weight is 351 g/mol. The van der Waals surface area contributed by atoms with E-state index < -0.39 is 11.9 Å². The van der Waals surface area contributed by atoms with E-state index in [9.17, 15) is 9.59 Å². The van der Waals surface area contributed by atoms with Crippen molar-refractivity contribution in [2.45, 2.75) is 25.9 Å². The summed E-state index contributed by atoms with van der Waals surface area (Å²) >= 11 is 0. The van der Waals surface area contributed by atoms with E-state index in [1.807, 2.05) is 54.6 Å². The van der Waals surface area contributed by atoms with Crippen LogP contribution in [0.25, 0.3) is 0 Å². The lowest BCUT2D eigenvalue weighted by atomic mass is 9.84. The van der Waals surface area contributed by atoms with E-state index in [4.69, 9.17) is 9.47 Å². The van der Waals surface area contributed by atoms with Gasteiger partial charge in [-0.15, -0.1) is 0 Å². The summed E-state index contributed by atoms with van der Waals surface area (Å²) in [7, 11) is 1.34. The molecule has 1 atom stereocenters. The van der Waals surface area contributed by atoms with Crippen LogP contribution in [0.1, 0.15) is 30.4 Å². The highest BCUT2D eigenvalue weighted by molar-refractivity contribution is 5.95. The lowest BCUT2D eigenvalue weighted by Crippen LogP contribution is -2.34. The minimum Gasteiger partial charge on any atom is -0.489 e. The van der Waals surface area contributed by atoms with Crippen LogP contribution in [0.2, 0.25) is 0 Å². The monoisotopic (exact) mass is 351 g/mol. The average Bonchev–Trinajstić information content (AvgIpc) is 2.66. The molecule has 2 aromatic rings. The molecule has 5 heteroatoms. The quantitative estimate of drug-likeness (QED) is 0.840. The predicted molar refractivity (Wildman–Crippen MR) is 97.4 cm³/mol. The third-order valence-electron chi connectivity index (χ3n) is 4.41. The molecule has 134 valence electrons. The standard InChI is InChI=1S/C21H21NO4/c1-14-20(21(24)25-2)17(12-19(23)22-14)16-10-6-7-11-18(16)26-13-15-8-4-3-5-9-15/h3-11,17H,12-13H2,1-2H3,(H,22,23)/t17-/m1/s1. The number of para-hydroxylation sites is 1. The van der Waals surface area contributed by atoms with Gasteiger partial charge in [0.1, 0.15) is 12.4 Å². The van der Waals surface area contributed by atoms with Gasteiger partial charge in [-0.05, 0) is 18.6 Å². The molecule has 0 saturated heterocycles. The normalized spacial score (nSPS) is 16.8. The Morgan fingerprint density at radius 2 is 1.81 bits per heavy atom. The van der Waals surface area contributed by atoms with Crippen molar-refractivity contribution < 1.29 is 19.1 Å². The number of ether oxygens (including phenoxy) is 2. The molecule has 0 spiro atoms. The molecule has 0 fully saturated rings. The number of nitrogens with one attached hydrogen (secondary N) is 1. The fourth-order valence-electron chi connectivity index (χ4n) is 3.18. The molecule has 0 saturated carbocycles. The maximum atomic E-state index is 12.3. The molecular weight excluding hydrogens is 330 g/mol. The number of allylic oxidation sites excluding steroid dienone is 1. The van der Waals surface area contributed by atoms with Crippen molar-refractivity contribution in [1.29, 1.82) is 0 Å². The molecule has 1 aliphatic heterocycles. The summed E-state index contributed by atoms with van der Waals surface area (Å²) in [5, 5.41) is 2.72. The summed E-state index contributed by atoms with van der Waals surface area (Å²) in [5.41, 5.74) is 2.83. The van der Waals surface area contributed by atoms with Crippen molar-refractivity contribution in [2.75, 3.05) is 7.11 Å². The zero-order valence-corrected chi connectivity index (χ0v) is 14.8. The van der Waals surface area contributed by atoms with Gasteiger partial charge in [0.15, 0.2) is 0 Å². The zero-order chi connectivity index (χ0) is 18.5. The minimum absolute atomic E-state index is 0.127. The Morgan fingerprint density at radius 3 is 2.54 bits per heavy atom. The molecule has 1 N–H and O–H groups in total. The summed E-state index contributed by atoms with van der Waals surface area (Å²) < 4.78 is 10.9. The van der Waals surface area contributed by atoms with E-state index >= 15 is 0 Å². The predicted octanol–water partition coefficient (Wildman–Crippen LogP) is 3.32. The highest BCUT2D eigenvalue weighted by atomic mass is 16.5. The molecule has 1 heterocycles. The Hall–Kier alpha value is -3.08. The smallest absolute Gasteiger partial charge is 0.336 e. The van der Waals surface area contributed by atoms with Gasteiger partial charge in [0.05, 0.1) is 12.7 Å². The number of rotatable bonds is 5. The third kappa shape index (κ3) is 3.77. The molecule has 2 aromatic carbocycles. The van der Waals surface area contributed by atoms with E-state index in [-0.39, 0.29) is 12.3 Å². The van der Waals surface area contributed by atoms with Crippen LogP contribution in [-0.2, 0) is 20.9 Å². The maximum Gasteiger partial charge on any atom is 0.336 e. The fraction of sp³-hybridized carbons (Fsp3) is 0.238. The van der Waals surface area contributed by atoms with Gasteiger partial charge >= 0.3 is 5.97 Å².